The molecule has 0 aromatic heterocycles. The van der Waals surface area contributed by atoms with Gasteiger partial charge in [0.15, 0.2) is 0 Å². The second-order valence-electron chi connectivity index (χ2n) is 4.72. The highest BCUT2D eigenvalue weighted by atomic mass is 32.1. The van der Waals surface area contributed by atoms with E-state index in [1.54, 1.807) is 0 Å². The quantitative estimate of drug-likeness (QED) is 0.793. The standard InChI is InChI=1S/C13H16FNOS/c1-8(6-9-2-3-9)15-13(16)10-4-5-11(14)12(17)7-10/h4-5,7-9,17H,2-3,6H2,1H3,(H,15,16). The molecule has 1 aromatic carbocycles. The Hall–Kier alpha value is -1.03. The van der Waals surface area contributed by atoms with Crippen LogP contribution in [0.1, 0.15) is 36.5 Å². The summed E-state index contributed by atoms with van der Waals surface area (Å²) in [6.07, 6.45) is 3.58. The first-order valence-electron chi connectivity index (χ1n) is 5.85. The van der Waals surface area contributed by atoms with E-state index >= 15 is 0 Å². The summed E-state index contributed by atoms with van der Waals surface area (Å²) in [6, 6.07) is 4.37. The summed E-state index contributed by atoms with van der Waals surface area (Å²) >= 11 is 3.96. The Balaban J connectivity index is 1.95. The Bertz CT molecular complexity index is 431. The van der Waals surface area contributed by atoms with Crippen LogP contribution in [0.3, 0.4) is 0 Å². The van der Waals surface area contributed by atoms with Crippen molar-refractivity contribution in [3.8, 4) is 0 Å². The van der Waals surface area contributed by atoms with Crippen LogP contribution in [-0.2, 0) is 0 Å². The second kappa shape index (κ2) is 5.08. The SMILES string of the molecule is CC(CC1CC1)NC(=O)c1ccc(F)c(S)c1. The first-order valence-corrected chi connectivity index (χ1v) is 6.30. The molecule has 1 aliphatic rings. The lowest BCUT2D eigenvalue weighted by Crippen LogP contribution is -2.32. The predicted molar refractivity (Wildman–Crippen MR) is 67.9 cm³/mol. The molecule has 17 heavy (non-hydrogen) atoms. The van der Waals surface area contributed by atoms with Crippen molar-refractivity contribution in [2.24, 2.45) is 5.92 Å². The van der Waals surface area contributed by atoms with Crippen LogP contribution in [0.2, 0.25) is 0 Å². The average molecular weight is 253 g/mol. The van der Waals surface area contributed by atoms with Crippen LogP contribution in [0, 0.1) is 11.7 Å². The van der Waals surface area contributed by atoms with Gasteiger partial charge < -0.3 is 5.32 Å². The van der Waals surface area contributed by atoms with Gasteiger partial charge in [-0.3, -0.25) is 4.79 Å². The third-order valence-electron chi connectivity index (χ3n) is 2.97. The van der Waals surface area contributed by atoms with Gasteiger partial charge in [-0.25, -0.2) is 4.39 Å². The van der Waals surface area contributed by atoms with E-state index in [2.05, 4.69) is 17.9 Å². The monoisotopic (exact) mass is 253 g/mol. The van der Waals surface area contributed by atoms with Crippen molar-refractivity contribution >= 4 is 18.5 Å². The third-order valence-corrected chi connectivity index (χ3v) is 3.31. The lowest BCUT2D eigenvalue weighted by molar-refractivity contribution is 0.0937. The number of hydrogen-bond donors (Lipinski definition) is 2. The summed E-state index contributed by atoms with van der Waals surface area (Å²) in [7, 11) is 0. The zero-order valence-electron chi connectivity index (χ0n) is 9.74. The van der Waals surface area contributed by atoms with Gasteiger partial charge in [-0.05, 0) is 37.5 Å². The van der Waals surface area contributed by atoms with E-state index in [4.69, 9.17) is 0 Å². The number of benzene rings is 1. The first kappa shape index (κ1) is 12.4. The van der Waals surface area contributed by atoms with Crippen LogP contribution < -0.4 is 5.32 Å². The Morgan fingerprint density at radius 3 is 2.88 bits per heavy atom. The molecule has 1 fully saturated rings. The molecule has 1 saturated carbocycles. The van der Waals surface area contributed by atoms with E-state index in [-0.39, 0.29) is 16.8 Å². The fraction of sp³-hybridized carbons (Fsp3) is 0.462. The molecule has 0 heterocycles. The van der Waals surface area contributed by atoms with Crippen molar-refractivity contribution in [3.05, 3.63) is 29.6 Å². The number of rotatable bonds is 4. The Labute approximate surface area is 106 Å². The molecule has 2 rings (SSSR count). The molecule has 1 aliphatic carbocycles. The maximum absolute atomic E-state index is 13.0. The van der Waals surface area contributed by atoms with Crippen molar-refractivity contribution in [2.75, 3.05) is 0 Å². The van der Waals surface area contributed by atoms with Crippen LogP contribution in [0.4, 0.5) is 4.39 Å². The lowest BCUT2D eigenvalue weighted by atomic mass is 10.1. The molecule has 1 N–H and O–H groups in total. The largest absolute Gasteiger partial charge is 0.350 e. The highest BCUT2D eigenvalue weighted by molar-refractivity contribution is 7.80. The van der Waals surface area contributed by atoms with Crippen LogP contribution in [0.15, 0.2) is 23.1 Å². The molecule has 1 amide bonds. The van der Waals surface area contributed by atoms with E-state index < -0.39 is 5.82 Å². The number of amides is 1. The number of carbonyl (C=O) groups excluding carboxylic acids is 1. The summed E-state index contributed by atoms with van der Waals surface area (Å²) in [6.45, 7) is 2.00. The smallest absolute Gasteiger partial charge is 0.251 e. The minimum atomic E-state index is -0.407. The summed E-state index contributed by atoms with van der Waals surface area (Å²) < 4.78 is 13.0. The number of thiol groups is 1. The maximum Gasteiger partial charge on any atom is 0.251 e. The molecule has 1 aromatic rings. The van der Waals surface area contributed by atoms with Gasteiger partial charge in [-0.1, -0.05) is 12.8 Å². The highest BCUT2D eigenvalue weighted by Gasteiger charge is 2.24. The maximum atomic E-state index is 13.0. The van der Waals surface area contributed by atoms with Crippen LogP contribution in [-0.4, -0.2) is 11.9 Å². The molecule has 0 radical (unpaired) electrons. The van der Waals surface area contributed by atoms with Crippen molar-refractivity contribution in [2.45, 2.75) is 37.1 Å². The molecule has 0 aliphatic heterocycles. The van der Waals surface area contributed by atoms with Crippen LogP contribution in [0.25, 0.3) is 0 Å². The van der Waals surface area contributed by atoms with E-state index in [0.29, 0.717) is 5.56 Å². The van der Waals surface area contributed by atoms with Crippen molar-refractivity contribution in [1.82, 2.24) is 5.32 Å². The summed E-state index contributed by atoms with van der Waals surface area (Å²) in [4.78, 5) is 12.1. The summed E-state index contributed by atoms with van der Waals surface area (Å²) in [5.41, 5.74) is 0.457. The summed E-state index contributed by atoms with van der Waals surface area (Å²) in [5.74, 6) is 0.211. The lowest BCUT2D eigenvalue weighted by Gasteiger charge is -2.13. The van der Waals surface area contributed by atoms with Crippen LogP contribution >= 0.6 is 12.6 Å². The van der Waals surface area contributed by atoms with Gasteiger partial charge in [0.25, 0.3) is 5.91 Å². The number of carbonyl (C=O) groups is 1. The molecule has 0 saturated heterocycles. The van der Waals surface area contributed by atoms with Crippen molar-refractivity contribution in [3.63, 3.8) is 0 Å². The molecule has 0 spiro atoms. The molecule has 92 valence electrons. The van der Waals surface area contributed by atoms with Crippen molar-refractivity contribution in [1.29, 1.82) is 0 Å². The zero-order chi connectivity index (χ0) is 12.4. The molecule has 0 bridgehead atoms. The minimum Gasteiger partial charge on any atom is -0.350 e. The Morgan fingerprint density at radius 2 is 2.29 bits per heavy atom. The van der Waals surface area contributed by atoms with Crippen molar-refractivity contribution < 1.29 is 9.18 Å². The number of halogens is 1. The van der Waals surface area contributed by atoms with Crippen LogP contribution in [0.5, 0.6) is 0 Å². The van der Waals surface area contributed by atoms with Gasteiger partial charge in [0.2, 0.25) is 0 Å². The molecular formula is C13H16FNOS. The molecule has 1 atom stereocenters. The molecule has 2 nitrogen and oxygen atoms in total. The van der Waals surface area contributed by atoms with E-state index in [0.717, 1.165) is 12.3 Å². The average Bonchev–Trinajstić information content (AvgIpc) is 3.05. The summed E-state index contributed by atoms with van der Waals surface area (Å²) in [5, 5.41) is 2.92. The third kappa shape index (κ3) is 3.46. The minimum absolute atomic E-state index is 0.159. The van der Waals surface area contributed by atoms with E-state index in [9.17, 15) is 9.18 Å². The fourth-order valence-electron chi connectivity index (χ4n) is 1.87. The fourth-order valence-corrected chi connectivity index (χ4v) is 2.09. The van der Waals surface area contributed by atoms with Gasteiger partial charge >= 0.3 is 0 Å². The topological polar surface area (TPSA) is 29.1 Å². The Morgan fingerprint density at radius 1 is 1.59 bits per heavy atom. The zero-order valence-corrected chi connectivity index (χ0v) is 10.6. The van der Waals surface area contributed by atoms with Gasteiger partial charge in [0.1, 0.15) is 5.82 Å². The number of nitrogens with one attached hydrogen (secondary N) is 1. The van der Waals surface area contributed by atoms with Gasteiger partial charge in [0, 0.05) is 16.5 Å². The van der Waals surface area contributed by atoms with Gasteiger partial charge in [-0.2, -0.15) is 0 Å². The van der Waals surface area contributed by atoms with Gasteiger partial charge in [0.05, 0.1) is 0 Å². The van der Waals surface area contributed by atoms with E-state index in [1.165, 1.54) is 31.0 Å². The molecular weight excluding hydrogens is 237 g/mol. The number of hydrogen-bond acceptors (Lipinski definition) is 2. The highest BCUT2D eigenvalue weighted by Crippen LogP contribution is 2.33. The predicted octanol–water partition coefficient (Wildman–Crippen LogP) is 3.03. The second-order valence-corrected chi connectivity index (χ2v) is 5.20. The first-order chi connectivity index (χ1) is 8.06. The van der Waals surface area contributed by atoms with E-state index in [1.807, 2.05) is 6.92 Å². The Kier molecular flexibility index (Phi) is 3.72. The normalized spacial score (nSPS) is 16.6. The molecule has 1 unspecified atom stereocenters. The van der Waals surface area contributed by atoms with Gasteiger partial charge in [-0.15, -0.1) is 12.6 Å². The molecule has 4 heteroatoms.